The number of benzene rings is 1. The number of pyridine rings is 1. The molecule has 1 aliphatic carbocycles. The number of hydrogen-bond donors (Lipinski definition) is 3. The lowest BCUT2D eigenvalue weighted by molar-refractivity contribution is 0.176. The molecular weight excluding hydrogens is 275 g/mol. The van der Waals surface area contributed by atoms with Crippen molar-refractivity contribution >= 4 is 13.6 Å². The van der Waals surface area contributed by atoms with Crippen molar-refractivity contribution in [2.75, 3.05) is 0 Å². The Balaban J connectivity index is 1.91. The van der Waals surface area contributed by atoms with Crippen molar-refractivity contribution in [3.63, 3.8) is 0 Å². The third kappa shape index (κ3) is 2.70. The highest BCUT2D eigenvalue weighted by molar-refractivity contribution is 6.58. The number of ether oxygens (including phenoxy) is 1. The predicted octanol–water partition coefficient (Wildman–Crippen LogP) is 1.83. The van der Waals surface area contributed by atoms with E-state index in [2.05, 4.69) is 0 Å². The van der Waals surface area contributed by atoms with E-state index in [1.54, 1.807) is 18.3 Å². The average molecular weight is 292 g/mol. The van der Waals surface area contributed by atoms with Gasteiger partial charge >= 0.3 is 0 Å². The SMILES string of the molecule is [B]C(=N)n1cc(OC2CCC(N)c3ccccc32)ccc1=N. The van der Waals surface area contributed by atoms with Crippen molar-refractivity contribution in [2.24, 2.45) is 5.73 Å². The highest BCUT2D eigenvalue weighted by atomic mass is 16.5. The lowest BCUT2D eigenvalue weighted by atomic mass is 9.86. The molecule has 6 heteroatoms. The number of hydrogen-bond acceptors (Lipinski definition) is 4. The first-order valence-corrected chi connectivity index (χ1v) is 7.19. The quantitative estimate of drug-likeness (QED) is 0.448. The molecule has 1 aromatic heterocycles. The van der Waals surface area contributed by atoms with Gasteiger partial charge in [-0.15, -0.1) is 0 Å². The minimum atomic E-state index is -0.207. The number of aromatic nitrogens is 1. The fraction of sp³-hybridized carbons (Fsp3) is 0.250. The van der Waals surface area contributed by atoms with E-state index >= 15 is 0 Å². The second-order valence-corrected chi connectivity index (χ2v) is 5.42. The predicted molar refractivity (Wildman–Crippen MR) is 85.1 cm³/mol. The first kappa shape index (κ1) is 14.6. The van der Waals surface area contributed by atoms with Crippen molar-refractivity contribution in [3.8, 4) is 5.75 Å². The summed E-state index contributed by atoms with van der Waals surface area (Å²) in [4.78, 5) is 0. The Labute approximate surface area is 130 Å². The van der Waals surface area contributed by atoms with E-state index < -0.39 is 0 Å². The van der Waals surface area contributed by atoms with E-state index in [0.29, 0.717) is 5.75 Å². The molecule has 1 aromatic carbocycles. The zero-order chi connectivity index (χ0) is 15.7. The maximum Gasteiger partial charge on any atom is 0.167 e. The molecule has 0 amide bonds. The maximum atomic E-state index is 7.73. The average Bonchev–Trinajstić information content (AvgIpc) is 2.52. The van der Waals surface area contributed by atoms with Crippen LogP contribution in [0.15, 0.2) is 42.6 Å². The zero-order valence-electron chi connectivity index (χ0n) is 12.1. The number of nitrogens with two attached hydrogens (primary N) is 1. The van der Waals surface area contributed by atoms with Crippen molar-refractivity contribution in [3.05, 3.63) is 59.2 Å². The standard InChI is InChI=1S/C16H17BN4O/c17-16(20)21-9-10(5-8-15(21)19)22-14-7-6-13(18)11-3-1-2-4-12(11)14/h1-5,8-9,13-14,19-20H,6-7,18H2. The van der Waals surface area contributed by atoms with Crippen molar-refractivity contribution < 1.29 is 4.74 Å². The summed E-state index contributed by atoms with van der Waals surface area (Å²) in [5, 5.41) is 15.2. The van der Waals surface area contributed by atoms with Gasteiger partial charge in [0.05, 0.1) is 6.20 Å². The first-order valence-electron chi connectivity index (χ1n) is 7.19. The Hall–Kier alpha value is -2.34. The highest BCUT2D eigenvalue weighted by Gasteiger charge is 2.26. The molecule has 0 bridgehead atoms. The second kappa shape index (κ2) is 5.81. The topological polar surface area (TPSA) is 87.9 Å². The summed E-state index contributed by atoms with van der Waals surface area (Å²) in [7, 11) is 5.47. The van der Waals surface area contributed by atoms with Crippen LogP contribution < -0.4 is 16.0 Å². The molecule has 0 saturated carbocycles. The summed E-state index contributed by atoms with van der Waals surface area (Å²) >= 11 is 0. The van der Waals surface area contributed by atoms with Crippen LogP contribution in [0.4, 0.5) is 0 Å². The molecular formula is C16H17BN4O. The van der Waals surface area contributed by atoms with Crippen molar-refractivity contribution in [1.82, 2.24) is 4.57 Å². The molecule has 5 nitrogen and oxygen atoms in total. The van der Waals surface area contributed by atoms with E-state index in [9.17, 15) is 0 Å². The van der Waals surface area contributed by atoms with Crippen LogP contribution in [0.5, 0.6) is 5.75 Å². The van der Waals surface area contributed by atoms with E-state index in [-0.39, 0.29) is 23.4 Å². The minimum absolute atomic E-state index is 0.0498. The molecule has 4 N–H and O–H groups in total. The Kier molecular flexibility index (Phi) is 3.85. The van der Waals surface area contributed by atoms with Gasteiger partial charge in [0, 0.05) is 11.8 Å². The number of nitrogens with one attached hydrogen (secondary N) is 2. The lowest BCUT2D eigenvalue weighted by Gasteiger charge is -2.30. The molecule has 1 heterocycles. The van der Waals surface area contributed by atoms with Crippen LogP contribution in [-0.2, 0) is 0 Å². The molecule has 2 unspecified atom stereocenters. The lowest BCUT2D eigenvalue weighted by Crippen LogP contribution is -2.26. The summed E-state index contributed by atoms with van der Waals surface area (Å²) in [6, 6.07) is 11.4. The maximum absolute atomic E-state index is 7.73. The Morgan fingerprint density at radius 3 is 2.64 bits per heavy atom. The number of fused-ring (bicyclic) bond motifs is 1. The van der Waals surface area contributed by atoms with Gasteiger partial charge in [-0.05, 0) is 36.1 Å². The van der Waals surface area contributed by atoms with Crippen LogP contribution in [0.3, 0.4) is 0 Å². The first-order chi connectivity index (χ1) is 10.6. The zero-order valence-corrected chi connectivity index (χ0v) is 12.1. The van der Waals surface area contributed by atoms with Crippen LogP contribution in [-0.4, -0.2) is 18.1 Å². The van der Waals surface area contributed by atoms with Crippen LogP contribution in [0.25, 0.3) is 0 Å². The van der Waals surface area contributed by atoms with Crippen LogP contribution in [0, 0.1) is 10.8 Å². The van der Waals surface area contributed by atoms with E-state index in [0.717, 1.165) is 24.0 Å². The molecule has 3 rings (SSSR count). The van der Waals surface area contributed by atoms with Crippen LogP contribution in [0.1, 0.15) is 36.1 Å². The van der Waals surface area contributed by atoms with E-state index in [1.165, 1.54) is 4.57 Å². The molecule has 2 aromatic rings. The molecule has 110 valence electrons. The molecule has 0 fully saturated rings. The fourth-order valence-corrected chi connectivity index (χ4v) is 2.82. The highest BCUT2D eigenvalue weighted by Crippen LogP contribution is 2.37. The van der Waals surface area contributed by atoms with Gasteiger partial charge < -0.3 is 10.5 Å². The Morgan fingerprint density at radius 1 is 1.18 bits per heavy atom. The third-order valence-corrected chi connectivity index (χ3v) is 3.94. The summed E-state index contributed by atoms with van der Waals surface area (Å²) in [6.45, 7) is 0. The molecule has 22 heavy (non-hydrogen) atoms. The molecule has 2 atom stereocenters. The van der Waals surface area contributed by atoms with Gasteiger partial charge in [0.1, 0.15) is 17.3 Å². The molecule has 0 saturated heterocycles. The van der Waals surface area contributed by atoms with E-state index in [4.69, 9.17) is 29.1 Å². The second-order valence-electron chi connectivity index (χ2n) is 5.42. The van der Waals surface area contributed by atoms with Crippen LogP contribution >= 0.6 is 0 Å². The van der Waals surface area contributed by atoms with Gasteiger partial charge in [-0.25, -0.2) is 0 Å². The Bertz CT molecular complexity index is 771. The van der Waals surface area contributed by atoms with Gasteiger partial charge in [-0.3, -0.25) is 15.4 Å². The summed E-state index contributed by atoms with van der Waals surface area (Å²) in [5.41, 5.74) is 8.32. The summed E-state index contributed by atoms with van der Waals surface area (Å²) in [6.07, 6.45) is 3.20. The number of nitrogens with zero attached hydrogens (tertiary/aromatic N) is 1. The van der Waals surface area contributed by atoms with Gasteiger partial charge in [0.15, 0.2) is 7.85 Å². The van der Waals surface area contributed by atoms with Crippen molar-refractivity contribution in [1.29, 1.82) is 10.8 Å². The monoisotopic (exact) mass is 292 g/mol. The van der Waals surface area contributed by atoms with Gasteiger partial charge in [-0.1, -0.05) is 24.3 Å². The molecule has 1 aliphatic rings. The van der Waals surface area contributed by atoms with Gasteiger partial charge in [0.2, 0.25) is 0 Å². The molecule has 0 spiro atoms. The van der Waals surface area contributed by atoms with Crippen molar-refractivity contribution in [2.45, 2.75) is 25.0 Å². The largest absolute Gasteiger partial charge is 0.484 e. The van der Waals surface area contributed by atoms with Gasteiger partial charge in [-0.2, -0.15) is 0 Å². The molecule has 2 radical (unpaired) electrons. The van der Waals surface area contributed by atoms with Gasteiger partial charge in [0.25, 0.3) is 0 Å². The van der Waals surface area contributed by atoms with E-state index in [1.807, 2.05) is 24.3 Å². The molecule has 0 aliphatic heterocycles. The van der Waals surface area contributed by atoms with Crippen LogP contribution in [0.2, 0.25) is 0 Å². The third-order valence-electron chi connectivity index (χ3n) is 3.94. The summed E-state index contributed by atoms with van der Waals surface area (Å²) < 4.78 is 7.34. The number of rotatable bonds is 2. The minimum Gasteiger partial charge on any atom is -0.484 e. The Morgan fingerprint density at radius 2 is 1.91 bits per heavy atom. The summed E-state index contributed by atoms with van der Waals surface area (Å²) in [5.74, 6) is 0.585. The fourth-order valence-electron chi connectivity index (χ4n) is 2.82. The smallest absolute Gasteiger partial charge is 0.167 e. The normalized spacial score (nSPS) is 20.2.